The number of rotatable bonds is 4. The summed E-state index contributed by atoms with van der Waals surface area (Å²) in [5.41, 5.74) is 19.2. The molecule has 2 aliphatic carbocycles. The molecule has 1 unspecified atom stereocenters. The molecule has 10 aromatic carbocycles. The summed E-state index contributed by atoms with van der Waals surface area (Å²) in [6.45, 7) is 0. The van der Waals surface area contributed by atoms with E-state index >= 15 is 0 Å². The topological polar surface area (TPSA) is 9.23 Å². The molecule has 0 saturated carbocycles. The molecule has 0 amide bonds. The van der Waals surface area contributed by atoms with Crippen molar-refractivity contribution in [1.82, 2.24) is 0 Å². The smallest absolute Gasteiger partial charge is 0.132 e. The van der Waals surface area contributed by atoms with Crippen LogP contribution in [-0.2, 0) is 10.8 Å². The fourth-order valence-electron chi connectivity index (χ4n) is 11.4. The van der Waals surface area contributed by atoms with Gasteiger partial charge in [0, 0.05) is 11.1 Å². The fourth-order valence-corrected chi connectivity index (χ4v) is 11.4. The van der Waals surface area contributed by atoms with Gasteiger partial charge in [-0.05, 0) is 107 Å². The van der Waals surface area contributed by atoms with Crippen molar-refractivity contribution in [1.29, 1.82) is 0 Å². The summed E-state index contributed by atoms with van der Waals surface area (Å²) in [6, 6.07) is 85.0. The van der Waals surface area contributed by atoms with Crippen LogP contribution in [0.15, 0.2) is 231 Å². The summed E-state index contributed by atoms with van der Waals surface area (Å²) in [6.07, 6.45) is 0. The molecule has 13 rings (SSSR count). The molecule has 284 valence electrons. The third kappa shape index (κ3) is 4.55. The third-order valence-corrected chi connectivity index (χ3v) is 13.8. The number of ether oxygens (including phenoxy) is 1. The lowest BCUT2D eigenvalue weighted by atomic mass is 9.63. The van der Waals surface area contributed by atoms with Crippen molar-refractivity contribution >= 4 is 10.8 Å². The molecule has 10 aromatic rings. The van der Waals surface area contributed by atoms with Crippen LogP contribution in [-0.4, -0.2) is 0 Å². The van der Waals surface area contributed by atoms with Crippen molar-refractivity contribution in [2.75, 3.05) is 0 Å². The minimum absolute atomic E-state index is 0.428. The molecule has 0 bridgehead atoms. The first-order valence-electron chi connectivity index (χ1n) is 21.3. The van der Waals surface area contributed by atoms with Crippen LogP contribution in [0.4, 0.5) is 0 Å². The van der Waals surface area contributed by atoms with Crippen molar-refractivity contribution in [3.05, 3.63) is 275 Å². The number of para-hydroxylation sites is 1. The Labute approximate surface area is 355 Å². The lowest BCUT2D eigenvalue weighted by molar-refractivity contribution is 0.434. The molecule has 0 radical (unpaired) electrons. The first-order valence-corrected chi connectivity index (χ1v) is 21.3. The molecule has 1 aliphatic heterocycles. The van der Waals surface area contributed by atoms with Crippen molar-refractivity contribution in [3.8, 4) is 56.0 Å². The normalized spacial score (nSPS) is 15.9. The van der Waals surface area contributed by atoms with E-state index in [9.17, 15) is 0 Å². The summed E-state index contributed by atoms with van der Waals surface area (Å²) < 4.78 is 6.72. The molecule has 1 heterocycles. The molecule has 1 heteroatoms. The Morgan fingerprint density at radius 3 is 1.62 bits per heavy atom. The van der Waals surface area contributed by atoms with Crippen LogP contribution >= 0.6 is 0 Å². The van der Waals surface area contributed by atoms with Gasteiger partial charge in [-0.15, -0.1) is 0 Å². The lowest BCUT2D eigenvalue weighted by Gasteiger charge is -2.41. The average molecular weight is 775 g/mol. The minimum atomic E-state index is -0.570. The second-order valence-corrected chi connectivity index (χ2v) is 16.6. The Kier molecular flexibility index (Phi) is 7.21. The van der Waals surface area contributed by atoms with Gasteiger partial charge < -0.3 is 4.74 Å². The quantitative estimate of drug-likeness (QED) is 0.173. The maximum Gasteiger partial charge on any atom is 0.132 e. The van der Waals surface area contributed by atoms with Gasteiger partial charge in [0.2, 0.25) is 0 Å². The molecule has 0 N–H and O–H groups in total. The molecule has 1 spiro atoms. The van der Waals surface area contributed by atoms with Gasteiger partial charge in [-0.25, -0.2) is 0 Å². The molecular formula is C60H38O. The first-order chi connectivity index (χ1) is 30.3. The highest BCUT2D eigenvalue weighted by Gasteiger charge is 2.53. The second kappa shape index (κ2) is 12.9. The monoisotopic (exact) mass is 774 g/mol. The first kappa shape index (κ1) is 34.2. The highest BCUT2D eigenvalue weighted by Crippen LogP contribution is 2.65. The Morgan fingerprint density at radius 1 is 0.295 bits per heavy atom. The SMILES string of the molecule is c1ccc(C2(c3ccccc3)c3ccccc3Oc3ccc(-c4ccc(-c5cccc6c5-c5ccccc5C65c6ccccc6-c6ccc7ccccc7c65)cc4)cc32)cc1. The minimum Gasteiger partial charge on any atom is -0.457 e. The second-order valence-electron chi connectivity index (χ2n) is 16.6. The molecule has 61 heavy (non-hydrogen) atoms. The van der Waals surface area contributed by atoms with Crippen LogP contribution < -0.4 is 4.74 Å². The maximum absolute atomic E-state index is 6.72. The lowest BCUT2D eigenvalue weighted by Crippen LogP contribution is -2.34. The van der Waals surface area contributed by atoms with Crippen molar-refractivity contribution < 1.29 is 4.74 Å². The fraction of sp³-hybridized carbons (Fsp3) is 0.0333. The zero-order valence-corrected chi connectivity index (χ0v) is 33.3. The summed E-state index contributed by atoms with van der Waals surface area (Å²) in [5, 5.41) is 2.59. The van der Waals surface area contributed by atoms with Gasteiger partial charge in [-0.3, -0.25) is 0 Å². The average Bonchev–Trinajstić information content (AvgIpc) is 3.81. The Morgan fingerprint density at radius 2 is 0.852 bits per heavy atom. The maximum atomic E-state index is 6.72. The van der Waals surface area contributed by atoms with E-state index in [1.54, 1.807) is 0 Å². The Bertz CT molecular complexity index is 3340. The molecule has 0 aromatic heterocycles. The number of hydrogen-bond donors (Lipinski definition) is 0. The molecule has 1 nitrogen and oxygen atoms in total. The van der Waals surface area contributed by atoms with E-state index in [0.717, 1.165) is 33.8 Å². The zero-order valence-electron chi connectivity index (χ0n) is 33.3. The van der Waals surface area contributed by atoms with Crippen LogP contribution in [0.2, 0.25) is 0 Å². The van der Waals surface area contributed by atoms with Gasteiger partial charge in [-0.1, -0.05) is 212 Å². The molecule has 0 saturated heterocycles. The third-order valence-electron chi connectivity index (χ3n) is 13.8. The van der Waals surface area contributed by atoms with E-state index in [2.05, 4.69) is 231 Å². The zero-order chi connectivity index (χ0) is 40.1. The summed E-state index contributed by atoms with van der Waals surface area (Å²) in [4.78, 5) is 0. The van der Waals surface area contributed by atoms with E-state index in [-0.39, 0.29) is 0 Å². The van der Waals surface area contributed by atoms with E-state index < -0.39 is 10.8 Å². The molecule has 0 fully saturated rings. The predicted octanol–water partition coefficient (Wildman–Crippen LogP) is 15.0. The van der Waals surface area contributed by atoms with E-state index in [1.807, 2.05) is 0 Å². The standard InChI is InChI=1S/C60H38O/c1-3-17-43(18-4-1)59(44-19-5-2-6-20-44)52-27-13-14-29-55(52)61-56-37-35-42(38-54(56)59)39-30-32-41(33-31-39)45-24-15-28-53-57(45)49-23-10-12-26-51(49)60(53)50-25-11-9-22-47(50)48-36-34-40-16-7-8-21-46(40)58(48)60/h1-38H. The summed E-state index contributed by atoms with van der Waals surface area (Å²) in [7, 11) is 0. The van der Waals surface area contributed by atoms with Gasteiger partial charge >= 0.3 is 0 Å². The van der Waals surface area contributed by atoms with Crippen molar-refractivity contribution in [3.63, 3.8) is 0 Å². The van der Waals surface area contributed by atoms with Crippen LogP contribution in [0.3, 0.4) is 0 Å². The highest BCUT2D eigenvalue weighted by molar-refractivity contribution is 6.05. The Balaban J connectivity index is 0.983. The largest absolute Gasteiger partial charge is 0.457 e. The van der Waals surface area contributed by atoms with Gasteiger partial charge in [0.15, 0.2) is 0 Å². The van der Waals surface area contributed by atoms with Gasteiger partial charge in [-0.2, -0.15) is 0 Å². The van der Waals surface area contributed by atoms with Gasteiger partial charge in [0.25, 0.3) is 0 Å². The van der Waals surface area contributed by atoms with Crippen LogP contribution in [0.5, 0.6) is 11.5 Å². The number of hydrogen-bond acceptors (Lipinski definition) is 1. The van der Waals surface area contributed by atoms with Crippen LogP contribution in [0, 0.1) is 0 Å². The highest BCUT2D eigenvalue weighted by atomic mass is 16.5. The number of fused-ring (bicyclic) bond motifs is 14. The Hall–Kier alpha value is -7.74. The van der Waals surface area contributed by atoms with E-state index in [4.69, 9.17) is 4.74 Å². The van der Waals surface area contributed by atoms with Crippen molar-refractivity contribution in [2.45, 2.75) is 10.8 Å². The van der Waals surface area contributed by atoms with Gasteiger partial charge in [0.1, 0.15) is 11.5 Å². The van der Waals surface area contributed by atoms with Crippen molar-refractivity contribution in [2.24, 2.45) is 0 Å². The van der Waals surface area contributed by atoms with E-state index in [1.165, 1.54) is 77.5 Å². The van der Waals surface area contributed by atoms with Gasteiger partial charge in [0.05, 0.1) is 10.8 Å². The van der Waals surface area contributed by atoms with E-state index in [0.29, 0.717) is 0 Å². The van der Waals surface area contributed by atoms with Crippen LogP contribution in [0.1, 0.15) is 44.5 Å². The molecule has 3 aliphatic rings. The predicted molar refractivity (Wildman–Crippen MR) is 250 cm³/mol. The summed E-state index contributed by atoms with van der Waals surface area (Å²) in [5.74, 6) is 1.76. The molecular weight excluding hydrogens is 737 g/mol. The molecule has 1 atom stereocenters. The summed E-state index contributed by atoms with van der Waals surface area (Å²) >= 11 is 0. The number of benzene rings is 10. The van der Waals surface area contributed by atoms with Crippen LogP contribution in [0.25, 0.3) is 55.3 Å².